The van der Waals surface area contributed by atoms with Gasteiger partial charge in [0, 0.05) is 50.1 Å². The first-order valence-electron chi connectivity index (χ1n) is 14.1. The monoisotopic (exact) mass is 546 g/mol. The van der Waals surface area contributed by atoms with E-state index in [4.69, 9.17) is 15.3 Å². The molecular weight excluding hydrogens is 504 g/mol. The number of piperidine rings is 1. The van der Waals surface area contributed by atoms with Crippen molar-refractivity contribution >= 4 is 23.9 Å². The number of ether oxygens (including phenoxy) is 1. The number of benzene rings is 2. The molecule has 1 aliphatic carbocycles. The maximum absolute atomic E-state index is 13.3. The number of carbonyl (C=O) groups is 2. The van der Waals surface area contributed by atoms with Crippen molar-refractivity contribution in [3.8, 4) is 0 Å². The number of rotatable bonds is 10. The van der Waals surface area contributed by atoms with Gasteiger partial charge in [-0.3, -0.25) is 4.90 Å². The summed E-state index contributed by atoms with van der Waals surface area (Å²) in [4.78, 5) is 28.8. The number of likely N-dealkylation sites (tertiary alicyclic amines) is 1. The van der Waals surface area contributed by atoms with E-state index in [9.17, 15) is 9.59 Å². The molecule has 0 spiro atoms. The van der Waals surface area contributed by atoms with E-state index in [-0.39, 0.29) is 18.1 Å². The van der Waals surface area contributed by atoms with Gasteiger partial charge in [-0.1, -0.05) is 36.4 Å². The second-order valence-corrected chi connectivity index (χ2v) is 11.9. The van der Waals surface area contributed by atoms with Crippen LogP contribution in [0.25, 0.3) is 5.57 Å². The lowest BCUT2D eigenvalue weighted by molar-refractivity contribution is 0.0170. The van der Waals surface area contributed by atoms with Crippen molar-refractivity contribution in [2.24, 2.45) is 5.92 Å². The van der Waals surface area contributed by atoms with Crippen LogP contribution in [0.1, 0.15) is 73.0 Å². The van der Waals surface area contributed by atoms with E-state index < -0.39 is 11.6 Å². The van der Waals surface area contributed by atoms with Crippen LogP contribution in [-0.2, 0) is 11.3 Å². The van der Waals surface area contributed by atoms with Gasteiger partial charge in [-0.25, -0.2) is 9.59 Å². The smallest absolute Gasteiger partial charge is 0.410 e. The fourth-order valence-corrected chi connectivity index (χ4v) is 5.45. The Hall–Kier alpha value is -3.65. The average molecular weight is 547 g/mol. The fraction of sp³-hybridized carbons (Fsp3) is 0.469. The van der Waals surface area contributed by atoms with E-state index in [1.54, 1.807) is 12.1 Å². The number of aromatic carboxylic acids is 1. The highest BCUT2D eigenvalue weighted by molar-refractivity contribution is 6.08. The Balaban J connectivity index is 1.37. The van der Waals surface area contributed by atoms with Gasteiger partial charge in [-0.15, -0.1) is 0 Å². The number of amides is 1. The molecule has 2 aromatic rings. The van der Waals surface area contributed by atoms with Crippen LogP contribution in [0.4, 0.5) is 4.79 Å². The van der Waals surface area contributed by atoms with Crippen molar-refractivity contribution in [3.63, 3.8) is 0 Å². The summed E-state index contributed by atoms with van der Waals surface area (Å²) in [5, 5.41) is 19.8. The van der Waals surface area contributed by atoms with E-state index in [0.717, 1.165) is 55.6 Å². The van der Waals surface area contributed by atoms with Gasteiger partial charge in [0.1, 0.15) is 5.60 Å². The van der Waals surface area contributed by atoms with E-state index in [1.165, 1.54) is 11.8 Å². The van der Waals surface area contributed by atoms with Crippen molar-refractivity contribution in [2.45, 2.75) is 64.1 Å². The Morgan fingerprint density at radius 1 is 1.07 bits per heavy atom. The number of carbonyl (C=O) groups excluding carboxylic acids is 1. The Morgan fingerprint density at radius 3 is 2.25 bits per heavy atom. The molecule has 3 N–H and O–H groups in total. The van der Waals surface area contributed by atoms with Gasteiger partial charge < -0.3 is 25.5 Å². The van der Waals surface area contributed by atoms with Crippen molar-refractivity contribution < 1.29 is 19.4 Å². The van der Waals surface area contributed by atoms with Crippen molar-refractivity contribution in [1.29, 1.82) is 5.41 Å². The Morgan fingerprint density at radius 2 is 1.70 bits per heavy atom. The van der Waals surface area contributed by atoms with Gasteiger partial charge in [0.25, 0.3) is 0 Å². The van der Waals surface area contributed by atoms with Crippen LogP contribution in [-0.4, -0.2) is 71.5 Å². The molecular formula is C32H42N4O4. The molecule has 1 heterocycles. The molecule has 1 aliphatic heterocycles. The number of hydrogen-bond acceptors (Lipinski definition) is 6. The summed E-state index contributed by atoms with van der Waals surface area (Å²) in [6, 6.07) is 15.5. The molecule has 4 rings (SSSR count). The first kappa shape index (κ1) is 29.3. The maximum atomic E-state index is 13.3. The fourth-order valence-electron chi connectivity index (χ4n) is 5.45. The average Bonchev–Trinajstić information content (AvgIpc) is 3.71. The van der Waals surface area contributed by atoms with Crippen LogP contribution in [0.3, 0.4) is 0 Å². The number of carboxylic acid groups (broad SMARTS) is 1. The second kappa shape index (κ2) is 12.7. The molecule has 0 aromatic heterocycles. The van der Waals surface area contributed by atoms with Crippen LogP contribution in [0.15, 0.2) is 54.7 Å². The van der Waals surface area contributed by atoms with Crippen LogP contribution >= 0.6 is 0 Å². The standard InChI is InChI=1S/C32H42N4O4/c1-32(2,3)40-31(39)36(29-17-28(29)25-11-9-24(10-12-25)27(18-33)19-34-4)21-23-13-15-35(16-14-23)20-22-5-7-26(8-6-22)30(37)38/h5-12,18-19,23,28-29,33-34H,13-17,20-21H2,1-4H3,(H,37,38)/b27-19+,33-18?. The zero-order valence-corrected chi connectivity index (χ0v) is 24.0. The normalized spacial score (nSPS) is 20.1. The molecule has 40 heavy (non-hydrogen) atoms. The minimum absolute atomic E-state index is 0.126. The lowest BCUT2D eigenvalue weighted by atomic mass is 9.95. The topological polar surface area (TPSA) is 106 Å². The highest BCUT2D eigenvalue weighted by Crippen LogP contribution is 2.46. The first-order valence-corrected chi connectivity index (χ1v) is 14.1. The minimum Gasteiger partial charge on any atom is -0.478 e. The maximum Gasteiger partial charge on any atom is 0.410 e. The van der Waals surface area contributed by atoms with E-state index in [0.29, 0.717) is 18.0 Å². The molecule has 1 saturated heterocycles. The first-order chi connectivity index (χ1) is 19.1. The van der Waals surface area contributed by atoms with E-state index in [1.807, 2.05) is 63.2 Å². The molecule has 214 valence electrons. The predicted octanol–water partition coefficient (Wildman–Crippen LogP) is 5.60. The highest BCUT2D eigenvalue weighted by atomic mass is 16.6. The molecule has 8 heteroatoms. The summed E-state index contributed by atoms with van der Waals surface area (Å²) < 4.78 is 5.84. The Kier molecular flexibility index (Phi) is 9.30. The van der Waals surface area contributed by atoms with Gasteiger partial charge >= 0.3 is 12.1 Å². The summed E-state index contributed by atoms with van der Waals surface area (Å²) in [6.45, 7) is 9.11. The van der Waals surface area contributed by atoms with Gasteiger partial charge in [0.15, 0.2) is 0 Å². The number of nitrogens with zero attached hydrogens (tertiary/aromatic N) is 2. The number of allylic oxidation sites excluding steroid dienone is 1. The zero-order valence-electron chi connectivity index (χ0n) is 24.0. The molecule has 2 fully saturated rings. The largest absolute Gasteiger partial charge is 0.478 e. The van der Waals surface area contributed by atoms with Crippen LogP contribution in [0.2, 0.25) is 0 Å². The van der Waals surface area contributed by atoms with Crippen molar-refractivity contribution in [3.05, 3.63) is 77.0 Å². The number of carboxylic acids is 1. The van der Waals surface area contributed by atoms with Crippen molar-refractivity contribution in [1.82, 2.24) is 15.1 Å². The Labute approximate surface area is 237 Å². The van der Waals surface area contributed by atoms with Crippen molar-refractivity contribution in [2.75, 3.05) is 26.7 Å². The van der Waals surface area contributed by atoms with Crippen LogP contribution < -0.4 is 5.32 Å². The minimum atomic E-state index is -0.907. The van der Waals surface area contributed by atoms with Crippen LogP contribution in [0.5, 0.6) is 0 Å². The van der Waals surface area contributed by atoms with Gasteiger partial charge in [0.2, 0.25) is 0 Å². The highest BCUT2D eigenvalue weighted by Gasteiger charge is 2.46. The molecule has 2 aromatic carbocycles. The summed E-state index contributed by atoms with van der Waals surface area (Å²) in [5.41, 5.74) is 3.88. The Bertz CT molecular complexity index is 1210. The predicted molar refractivity (Wildman–Crippen MR) is 158 cm³/mol. The summed E-state index contributed by atoms with van der Waals surface area (Å²) >= 11 is 0. The lowest BCUT2D eigenvalue weighted by Crippen LogP contribution is -2.44. The van der Waals surface area contributed by atoms with Crippen LogP contribution in [0, 0.1) is 11.3 Å². The third-order valence-electron chi connectivity index (χ3n) is 7.68. The molecule has 8 nitrogen and oxygen atoms in total. The molecule has 2 aliphatic rings. The summed E-state index contributed by atoms with van der Waals surface area (Å²) in [6.07, 6.45) is 5.85. The zero-order chi connectivity index (χ0) is 28.9. The molecule has 1 saturated carbocycles. The second-order valence-electron chi connectivity index (χ2n) is 11.9. The SMILES string of the molecule is CN/C=C(\C=N)c1ccc(C2CC2N(CC2CCN(Cc3ccc(C(=O)O)cc3)CC2)C(=O)OC(C)(C)C)cc1. The lowest BCUT2D eigenvalue weighted by Gasteiger charge is -2.36. The summed E-state index contributed by atoms with van der Waals surface area (Å²) in [5.74, 6) is -0.216. The molecule has 2 unspecified atom stereocenters. The van der Waals surface area contributed by atoms with Gasteiger partial charge in [-0.2, -0.15) is 0 Å². The van der Waals surface area contributed by atoms with Gasteiger partial charge in [0.05, 0.1) is 5.56 Å². The quantitative estimate of drug-likeness (QED) is 0.335. The third kappa shape index (κ3) is 7.72. The number of hydrogen-bond donors (Lipinski definition) is 3. The summed E-state index contributed by atoms with van der Waals surface area (Å²) in [7, 11) is 1.82. The van der Waals surface area contributed by atoms with Gasteiger partial charge in [-0.05, 0) is 87.9 Å². The van der Waals surface area contributed by atoms with E-state index >= 15 is 0 Å². The molecule has 2 atom stereocenters. The molecule has 0 radical (unpaired) electrons. The number of nitrogens with one attached hydrogen (secondary N) is 2. The third-order valence-corrected chi connectivity index (χ3v) is 7.68. The molecule has 0 bridgehead atoms. The molecule has 1 amide bonds. The van der Waals surface area contributed by atoms with E-state index in [2.05, 4.69) is 22.3 Å².